The van der Waals surface area contributed by atoms with E-state index in [0.29, 0.717) is 12.1 Å². The first-order valence-corrected chi connectivity index (χ1v) is 6.47. The van der Waals surface area contributed by atoms with Crippen molar-refractivity contribution in [3.05, 3.63) is 35.5 Å². The number of nitrogens with zero attached hydrogens (tertiary/aromatic N) is 2. The summed E-state index contributed by atoms with van der Waals surface area (Å²) in [4.78, 5) is 18.1. The van der Waals surface area contributed by atoms with Crippen LogP contribution in [-0.2, 0) is 0 Å². The van der Waals surface area contributed by atoms with E-state index < -0.39 is 0 Å². The average Bonchev–Trinajstić information content (AvgIpc) is 2.46. The summed E-state index contributed by atoms with van der Waals surface area (Å²) in [5.41, 5.74) is 1.88. The molecule has 0 unspecified atom stereocenters. The van der Waals surface area contributed by atoms with Crippen molar-refractivity contribution in [2.24, 2.45) is 0 Å². The van der Waals surface area contributed by atoms with Crippen LogP contribution in [0.5, 0.6) is 0 Å². The van der Waals surface area contributed by atoms with Crippen molar-refractivity contribution >= 4 is 36.5 Å². The van der Waals surface area contributed by atoms with Gasteiger partial charge in [0.05, 0.1) is 5.56 Å². The van der Waals surface area contributed by atoms with Gasteiger partial charge < -0.3 is 15.5 Å². The molecule has 7 heteroatoms. The van der Waals surface area contributed by atoms with Crippen LogP contribution in [0.3, 0.4) is 0 Å². The van der Waals surface area contributed by atoms with Crippen molar-refractivity contribution in [3.8, 4) is 0 Å². The molecule has 21 heavy (non-hydrogen) atoms. The fraction of sp³-hybridized carbons (Fsp3) is 0.429. The van der Waals surface area contributed by atoms with Crippen LogP contribution in [0.2, 0.25) is 0 Å². The lowest BCUT2D eigenvalue weighted by molar-refractivity contribution is 0.0956. The minimum absolute atomic E-state index is 0. The Morgan fingerprint density at radius 3 is 2.67 bits per heavy atom. The number of aromatic nitrogens is 1. The maximum Gasteiger partial charge on any atom is 0.253 e. The predicted octanol–water partition coefficient (Wildman–Crippen LogP) is 1.64. The first kappa shape index (κ1) is 19.7. The summed E-state index contributed by atoms with van der Waals surface area (Å²) in [7, 11) is 3.84. The first-order valence-electron chi connectivity index (χ1n) is 6.47. The quantitative estimate of drug-likeness (QED) is 0.823. The minimum Gasteiger partial charge on any atom is -0.363 e. The highest BCUT2D eigenvalue weighted by Gasteiger charge is 2.08. The summed E-state index contributed by atoms with van der Waals surface area (Å²) in [6, 6.07) is 3.65. The molecule has 1 aromatic heterocycles. The Morgan fingerprint density at radius 1 is 1.38 bits per heavy atom. The topological polar surface area (TPSA) is 57.3 Å². The number of halogens is 2. The molecule has 1 aliphatic rings. The molecular weight excluding hydrogens is 311 g/mol. The van der Waals surface area contributed by atoms with Gasteiger partial charge in [-0.3, -0.25) is 4.79 Å². The lowest BCUT2D eigenvalue weighted by Crippen LogP contribution is -2.29. The number of pyridine rings is 1. The van der Waals surface area contributed by atoms with Crippen molar-refractivity contribution in [1.29, 1.82) is 0 Å². The van der Waals surface area contributed by atoms with E-state index >= 15 is 0 Å². The van der Waals surface area contributed by atoms with Crippen LogP contribution in [0.15, 0.2) is 30.0 Å². The molecule has 2 N–H and O–H groups in total. The van der Waals surface area contributed by atoms with E-state index in [1.54, 1.807) is 12.3 Å². The predicted molar refractivity (Wildman–Crippen MR) is 91.0 cm³/mol. The lowest BCUT2D eigenvalue weighted by Gasteiger charge is -2.15. The molecule has 0 aromatic carbocycles. The highest BCUT2D eigenvalue weighted by Crippen LogP contribution is 2.08. The molecule has 0 saturated heterocycles. The molecule has 0 spiro atoms. The molecule has 0 saturated carbocycles. The van der Waals surface area contributed by atoms with Gasteiger partial charge in [0.15, 0.2) is 0 Å². The van der Waals surface area contributed by atoms with E-state index in [2.05, 4.69) is 21.7 Å². The van der Waals surface area contributed by atoms with Crippen molar-refractivity contribution in [1.82, 2.24) is 15.6 Å². The summed E-state index contributed by atoms with van der Waals surface area (Å²) in [5.74, 6) is 0.773. The van der Waals surface area contributed by atoms with Crippen LogP contribution < -0.4 is 15.5 Å². The number of hydrogen-bond acceptors (Lipinski definition) is 4. The van der Waals surface area contributed by atoms with Gasteiger partial charge in [0.25, 0.3) is 5.91 Å². The zero-order valence-electron chi connectivity index (χ0n) is 12.3. The van der Waals surface area contributed by atoms with Crippen molar-refractivity contribution < 1.29 is 4.79 Å². The molecule has 5 nitrogen and oxygen atoms in total. The van der Waals surface area contributed by atoms with E-state index in [4.69, 9.17) is 0 Å². The number of nitrogens with one attached hydrogen (secondary N) is 2. The Morgan fingerprint density at radius 2 is 2.14 bits per heavy atom. The van der Waals surface area contributed by atoms with Crippen LogP contribution in [0.1, 0.15) is 16.8 Å². The number of rotatable bonds is 4. The van der Waals surface area contributed by atoms with Gasteiger partial charge in [0.1, 0.15) is 5.82 Å². The maximum absolute atomic E-state index is 12.0. The fourth-order valence-electron chi connectivity index (χ4n) is 1.91. The van der Waals surface area contributed by atoms with Crippen molar-refractivity contribution in [3.63, 3.8) is 0 Å². The Bertz CT molecular complexity index is 474. The second-order valence-electron chi connectivity index (χ2n) is 4.80. The van der Waals surface area contributed by atoms with Gasteiger partial charge in [0.2, 0.25) is 0 Å². The van der Waals surface area contributed by atoms with Crippen LogP contribution in [0, 0.1) is 0 Å². The SMILES string of the molecule is CN(C)c1ccc(C(=O)NCC2=CCNCC2)cn1.Cl.Cl. The van der Waals surface area contributed by atoms with Crippen LogP contribution in [0.4, 0.5) is 5.82 Å². The average molecular weight is 333 g/mol. The molecule has 1 aromatic rings. The monoisotopic (exact) mass is 332 g/mol. The number of carbonyl (C=O) groups excluding carboxylic acids is 1. The Kier molecular flexibility index (Phi) is 9.01. The van der Waals surface area contributed by atoms with Crippen molar-refractivity contribution in [2.75, 3.05) is 38.6 Å². The number of amides is 1. The normalized spacial score (nSPS) is 13.3. The van der Waals surface area contributed by atoms with E-state index in [1.165, 1.54) is 5.57 Å². The summed E-state index contributed by atoms with van der Waals surface area (Å²) < 4.78 is 0. The Balaban J connectivity index is 0.00000200. The Labute approximate surface area is 138 Å². The molecule has 1 aliphatic heterocycles. The molecule has 2 heterocycles. The largest absolute Gasteiger partial charge is 0.363 e. The third-order valence-electron chi connectivity index (χ3n) is 3.10. The van der Waals surface area contributed by atoms with E-state index in [1.807, 2.05) is 25.1 Å². The van der Waals surface area contributed by atoms with E-state index in [-0.39, 0.29) is 30.7 Å². The smallest absolute Gasteiger partial charge is 0.253 e. The summed E-state index contributed by atoms with van der Waals surface area (Å²) in [5, 5.41) is 6.18. The molecule has 0 bridgehead atoms. The van der Waals surface area contributed by atoms with Crippen LogP contribution in [0.25, 0.3) is 0 Å². The molecule has 2 rings (SSSR count). The Hall–Kier alpha value is -1.30. The number of carbonyl (C=O) groups is 1. The van der Waals surface area contributed by atoms with Gasteiger partial charge in [-0.2, -0.15) is 0 Å². The zero-order chi connectivity index (χ0) is 13.7. The summed E-state index contributed by atoms with van der Waals surface area (Å²) in [6.07, 6.45) is 4.75. The van der Waals surface area contributed by atoms with E-state index in [9.17, 15) is 4.79 Å². The first-order chi connectivity index (χ1) is 9.16. The number of anilines is 1. The molecular formula is C14H22Cl2N4O. The second kappa shape index (κ2) is 9.60. The third kappa shape index (κ3) is 5.91. The second-order valence-corrected chi connectivity index (χ2v) is 4.80. The molecule has 0 radical (unpaired) electrons. The van der Waals surface area contributed by atoms with Gasteiger partial charge in [0, 0.05) is 33.4 Å². The fourth-order valence-corrected chi connectivity index (χ4v) is 1.91. The van der Waals surface area contributed by atoms with Gasteiger partial charge >= 0.3 is 0 Å². The van der Waals surface area contributed by atoms with Crippen LogP contribution in [-0.4, -0.2) is 44.6 Å². The highest BCUT2D eigenvalue weighted by molar-refractivity contribution is 5.94. The third-order valence-corrected chi connectivity index (χ3v) is 3.10. The molecule has 0 aliphatic carbocycles. The molecule has 118 valence electrons. The van der Waals surface area contributed by atoms with Gasteiger partial charge in [-0.15, -0.1) is 24.8 Å². The van der Waals surface area contributed by atoms with Crippen LogP contribution >= 0.6 is 24.8 Å². The van der Waals surface area contributed by atoms with Gasteiger partial charge in [-0.05, 0) is 25.1 Å². The van der Waals surface area contributed by atoms with Gasteiger partial charge in [-0.1, -0.05) is 11.6 Å². The van der Waals surface area contributed by atoms with E-state index in [0.717, 1.165) is 25.3 Å². The molecule has 1 amide bonds. The zero-order valence-corrected chi connectivity index (χ0v) is 13.9. The minimum atomic E-state index is -0.0720. The summed E-state index contributed by atoms with van der Waals surface area (Å²) >= 11 is 0. The van der Waals surface area contributed by atoms with Crippen molar-refractivity contribution in [2.45, 2.75) is 6.42 Å². The highest BCUT2D eigenvalue weighted by atomic mass is 35.5. The lowest BCUT2D eigenvalue weighted by atomic mass is 10.1. The maximum atomic E-state index is 12.0. The molecule has 0 fully saturated rings. The van der Waals surface area contributed by atoms with Gasteiger partial charge in [-0.25, -0.2) is 4.98 Å². The standard InChI is InChI=1S/C14H20N4O.2ClH/c1-18(2)13-4-3-12(10-16-13)14(19)17-9-11-5-7-15-8-6-11;;/h3-5,10,15H,6-9H2,1-2H3,(H,17,19);2*1H. The number of hydrogen-bond donors (Lipinski definition) is 2. The molecule has 0 atom stereocenters. The summed E-state index contributed by atoms with van der Waals surface area (Å²) in [6.45, 7) is 2.50.